The minimum Gasteiger partial charge on any atom is -0.488 e. The van der Waals surface area contributed by atoms with Crippen molar-refractivity contribution < 1.29 is 27.8 Å². The normalized spacial score (nSPS) is 14.7. The largest absolute Gasteiger partial charge is 0.488 e. The van der Waals surface area contributed by atoms with Crippen molar-refractivity contribution >= 4 is 23.6 Å². The van der Waals surface area contributed by atoms with E-state index < -0.39 is 31.0 Å². The highest BCUT2D eigenvalue weighted by Gasteiger charge is 2.46. The van der Waals surface area contributed by atoms with Crippen LogP contribution in [0, 0.1) is 0 Å². The highest BCUT2D eigenvalue weighted by atomic mass is 35.5. The lowest BCUT2D eigenvalue weighted by Crippen LogP contribution is -2.58. The lowest BCUT2D eigenvalue weighted by molar-refractivity contribution is -0.113. The van der Waals surface area contributed by atoms with E-state index in [4.69, 9.17) is 21.1 Å². The molecule has 0 radical (unpaired) electrons. The third-order valence-electron chi connectivity index (χ3n) is 4.31. The molecule has 0 bridgehead atoms. The number of nitrogens with one attached hydrogen (secondary N) is 1. The van der Waals surface area contributed by atoms with Gasteiger partial charge in [0.2, 0.25) is 0 Å². The van der Waals surface area contributed by atoms with Gasteiger partial charge in [-0.2, -0.15) is 0 Å². The lowest BCUT2D eigenvalue weighted by atomic mass is 10.0. The van der Waals surface area contributed by atoms with E-state index >= 15 is 0 Å². The quantitative estimate of drug-likeness (QED) is 0.715. The molecule has 1 heterocycles. The van der Waals surface area contributed by atoms with E-state index in [2.05, 4.69) is 5.32 Å². The minimum absolute atomic E-state index is 0.0796. The number of benzene rings is 2. The lowest BCUT2D eigenvalue weighted by Gasteiger charge is -2.38. The molecule has 29 heavy (non-hydrogen) atoms. The van der Waals surface area contributed by atoms with E-state index in [1.54, 1.807) is 42.5 Å². The molecule has 1 aliphatic rings. The zero-order valence-electron chi connectivity index (χ0n) is 15.6. The van der Waals surface area contributed by atoms with Gasteiger partial charge in [-0.15, -0.1) is 0 Å². The van der Waals surface area contributed by atoms with E-state index in [0.717, 1.165) is 16.0 Å². The molecule has 1 fully saturated rings. The number of likely N-dealkylation sites (tertiary alicyclic amines) is 1. The number of halogens is 3. The molecule has 2 aromatic carbocycles. The predicted molar refractivity (Wildman–Crippen MR) is 104 cm³/mol. The van der Waals surface area contributed by atoms with E-state index in [0.29, 0.717) is 16.3 Å². The zero-order chi connectivity index (χ0) is 21.0. The molecule has 1 aliphatic heterocycles. The van der Waals surface area contributed by atoms with Crippen LogP contribution >= 0.6 is 11.6 Å². The Kier molecular flexibility index (Phi) is 6.22. The van der Waals surface area contributed by atoms with Gasteiger partial charge in [-0.05, 0) is 35.4 Å². The summed E-state index contributed by atoms with van der Waals surface area (Å²) in [7, 11) is 1.46. The van der Waals surface area contributed by atoms with Crippen LogP contribution in [0.3, 0.4) is 0 Å². The van der Waals surface area contributed by atoms with E-state index in [-0.39, 0.29) is 13.2 Å². The van der Waals surface area contributed by atoms with E-state index in [1.807, 2.05) is 0 Å². The van der Waals surface area contributed by atoms with Crippen molar-refractivity contribution in [1.29, 1.82) is 0 Å². The topological polar surface area (TPSA) is 67.9 Å². The molecule has 2 aromatic rings. The van der Waals surface area contributed by atoms with Gasteiger partial charge in [-0.3, -0.25) is 4.79 Å². The third-order valence-corrected chi connectivity index (χ3v) is 4.60. The molecule has 1 N–H and O–H groups in total. The number of alkyl halides is 2. The molecule has 6 nitrogen and oxygen atoms in total. The molecule has 2 amide bonds. The first-order valence-electron chi connectivity index (χ1n) is 8.83. The highest BCUT2D eigenvalue weighted by molar-refractivity contribution is 6.32. The SMILES string of the molecule is CNC(=O)OCCOc1ccc(-c2ccc(C(=O)N3CC(F)(F)C3)cc2)cc1Cl. The number of hydrogen-bond acceptors (Lipinski definition) is 4. The summed E-state index contributed by atoms with van der Waals surface area (Å²) >= 11 is 6.25. The summed E-state index contributed by atoms with van der Waals surface area (Å²) in [6.45, 7) is -0.855. The average molecular weight is 425 g/mol. The first-order chi connectivity index (χ1) is 13.8. The van der Waals surface area contributed by atoms with Gasteiger partial charge < -0.3 is 19.7 Å². The van der Waals surface area contributed by atoms with Crippen molar-refractivity contribution in [1.82, 2.24) is 10.2 Å². The molecule has 0 spiro atoms. The molecule has 9 heteroatoms. The van der Waals surface area contributed by atoms with Gasteiger partial charge in [-0.1, -0.05) is 29.8 Å². The second kappa shape index (κ2) is 8.65. The van der Waals surface area contributed by atoms with Crippen LogP contribution in [0.4, 0.5) is 13.6 Å². The molecule has 0 aliphatic carbocycles. The standard InChI is InChI=1S/C20H19ClF2N2O4/c1-24-19(27)29-9-8-28-17-7-6-15(10-16(17)21)13-2-4-14(5-3-13)18(26)25-11-20(22,23)12-25/h2-7,10H,8-9,11-12H2,1H3,(H,24,27). The summed E-state index contributed by atoms with van der Waals surface area (Å²) in [6.07, 6.45) is -0.542. The summed E-state index contributed by atoms with van der Waals surface area (Å²) in [5, 5.41) is 2.71. The predicted octanol–water partition coefficient (Wildman–Crippen LogP) is 3.83. The summed E-state index contributed by atoms with van der Waals surface area (Å²) < 4.78 is 36.2. The Labute approximate surface area is 171 Å². The summed E-state index contributed by atoms with van der Waals surface area (Å²) in [5.41, 5.74) is 1.97. The third kappa shape index (κ3) is 5.14. The van der Waals surface area contributed by atoms with Gasteiger partial charge >= 0.3 is 6.09 Å². The zero-order valence-corrected chi connectivity index (χ0v) is 16.3. The second-order valence-electron chi connectivity index (χ2n) is 6.47. The smallest absolute Gasteiger partial charge is 0.406 e. The summed E-state index contributed by atoms with van der Waals surface area (Å²) in [6, 6.07) is 11.9. The van der Waals surface area contributed by atoms with Crippen LogP contribution in [-0.2, 0) is 4.74 Å². The Morgan fingerprint density at radius 1 is 1.10 bits per heavy atom. The van der Waals surface area contributed by atoms with Gasteiger partial charge in [0.15, 0.2) is 0 Å². The fraction of sp³-hybridized carbons (Fsp3) is 0.300. The Balaban J connectivity index is 1.60. The van der Waals surface area contributed by atoms with Crippen LogP contribution in [0.2, 0.25) is 5.02 Å². The van der Waals surface area contributed by atoms with Crippen LogP contribution in [0.1, 0.15) is 10.4 Å². The summed E-state index contributed by atoms with van der Waals surface area (Å²) in [5.74, 6) is -2.75. The fourth-order valence-electron chi connectivity index (χ4n) is 2.80. The molecular formula is C20H19ClF2N2O4. The van der Waals surface area contributed by atoms with Gasteiger partial charge in [0.25, 0.3) is 11.8 Å². The van der Waals surface area contributed by atoms with Gasteiger partial charge in [0, 0.05) is 12.6 Å². The van der Waals surface area contributed by atoms with Crippen molar-refractivity contribution in [2.45, 2.75) is 5.92 Å². The maximum absolute atomic E-state index is 12.9. The number of ether oxygens (including phenoxy) is 2. The summed E-state index contributed by atoms with van der Waals surface area (Å²) in [4.78, 5) is 24.3. The molecule has 1 saturated heterocycles. The molecule has 0 atom stereocenters. The first-order valence-corrected chi connectivity index (χ1v) is 9.21. The maximum atomic E-state index is 12.9. The number of amides is 2. The van der Waals surface area contributed by atoms with E-state index in [1.165, 1.54) is 7.05 Å². The molecule has 154 valence electrons. The number of carbonyl (C=O) groups is 2. The Morgan fingerprint density at radius 2 is 1.76 bits per heavy atom. The van der Waals surface area contributed by atoms with Crippen molar-refractivity contribution in [3.05, 3.63) is 53.1 Å². The van der Waals surface area contributed by atoms with E-state index in [9.17, 15) is 18.4 Å². The number of carbonyl (C=O) groups excluding carboxylic acids is 2. The van der Waals surface area contributed by atoms with Crippen LogP contribution < -0.4 is 10.1 Å². The second-order valence-corrected chi connectivity index (χ2v) is 6.88. The Morgan fingerprint density at radius 3 is 2.34 bits per heavy atom. The average Bonchev–Trinajstić information content (AvgIpc) is 2.69. The van der Waals surface area contributed by atoms with Crippen molar-refractivity contribution in [2.75, 3.05) is 33.4 Å². The number of rotatable bonds is 6. The van der Waals surface area contributed by atoms with Crippen LogP contribution in [0.25, 0.3) is 11.1 Å². The first kappa shape index (κ1) is 20.9. The Bertz CT molecular complexity index is 898. The number of hydrogen-bond donors (Lipinski definition) is 1. The maximum Gasteiger partial charge on any atom is 0.406 e. The molecule has 3 rings (SSSR count). The van der Waals surface area contributed by atoms with Crippen molar-refractivity contribution in [3.8, 4) is 16.9 Å². The molecule has 0 aromatic heterocycles. The van der Waals surface area contributed by atoms with Crippen LogP contribution in [0.15, 0.2) is 42.5 Å². The van der Waals surface area contributed by atoms with Crippen molar-refractivity contribution in [3.63, 3.8) is 0 Å². The van der Waals surface area contributed by atoms with Gasteiger partial charge in [0.05, 0.1) is 18.1 Å². The van der Waals surface area contributed by atoms with Crippen molar-refractivity contribution in [2.24, 2.45) is 0 Å². The van der Waals surface area contributed by atoms with Gasteiger partial charge in [-0.25, -0.2) is 13.6 Å². The van der Waals surface area contributed by atoms with Crippen LogP contribution in [-0.4, -0.2) is 56.2 Å². The monoisotopic (exact) mass is 424 g/mol. The van der Waals surface area contributed by atoms with Crippen LogP contribution in [0.5, 0.6) is 5.75 Å². The Hall–Kier alpha value is -2.87. The molecule has 0 unspecified atom stereocenters. The number of alkyl carbamates (subject to hydrolysis) is 1. The highest BCUT2D eigenvalue weighted by Crippen LogP contribution is 2.31. The fourth-order valence-corrected chi connectivity index (χ4v) is 3.03. The van der Waals surface area contributed by atoms with Gasteiger partial charge in [0.1, 0.15) is 19.0 Å². The molecule has 0 saturated carbocycles. The molecular weight excluding hydrogens is 406 g/mol. The minimum atomic E-state index is -2.79. The number of nitrogens with zero attached hydrogens (tertiary/aromatic N) is 1.